The van der Waals surface area contributed by atoms with Crippen LogP contribution in [-0.2, 0) is 19.5 Å². The predicted octanol–water partition coefficient (Wildman–Crippen LogP) is 2.23. The number of aryl methyl sites for hydroxylation is 3. The van der Waals surface area contributed by atoms with Gasteiger partial charge in [0.2, 0.25) is 10.0 Å². The van der Waals surface area contributed by atoms with Crippen LogP contribution in [0.5, 0.6) is 0 Å². The number of nitrogens with one attached hydrogen (secondary N) is 1. The zero-order valence-electron chi connectivity index (χ0n) is 14.0. The molecule has 6 heteroatoms. The minimum absolute atomic E-state index is 0.00501. The number of benzene rings is 1. The zero-order valence-corrected chi connectivity index (χ0v) is 14.8. The number of fused-ring (bicyclic) bond motifs is 1. The number of sulfonamides is 1. The van der Waals surface area contributed by atoms with Crippen molar-refractivity contribution in [2.24, 2.45) is 0 Å². The van der Waals surface area contributed by atoms with Gasteiger partial charge in [0.05, 0.1) is 30.3 Å². The van der Waals surface area contributed by atoms with E-state index in [0.29, 0.717) is 24.5 Å². The van der Waals surface area contributed by atoms with Gasteiger partial charge in [-0.1, -0.05) is 17.7 Å². The normalized spacial score (nSPS) is 28.4. The Balaban J connectivity index is 1.77. The molecule has 5 nitrogen and oxygen atoms in total. The minimum atomic E-state index is -3.52. The van der Waals surface area contributed by atoms with E-state index >= 15 is 0 Å². The first kappa shape index (κ1) is 16.9. The molecule has 0 amide bonds. The summed E-state index contributed by atoms with van der Waals surface area (Å²) < 4.78 is 40.0. The van der Waals surface area contributed by atoms with Crippen molar-refractivity contribution in [3.05, 3.63) is 28.8 Å². The quantitative estimate of drug-likeness (QED) is 0.917. The monoisotopic (exact) mass is 339 g/mol. The Morgan fingerprint density at radius 2 is 1.61 bits per heavy atom. The smallest absolute Gasteiger partial charge is 0.241 e. The third-order valence-corrected chi connectivity index (χ3v) is 6.50. The van der Waals surface area contributed by atoms with Crippen LogP contribution in [0.1, 0.15) is 36.0 Å². The minimum Gasteiger partial charge on any atom is -0.373 e. The van der Waals surface area contributed by atoms with Gasteiger partial charge in [0.25, 0.3) is 0 Å². The molecule has 0 bridgehead atoms. The second kappa shape index (κ2) is 6.51. The Bertz CT molecular complexity index is 663. The molecule has 1 saturated carbocycles. The van der Waals surface area contributed by atoms with Crippen LogP contribution in [0, 0.1) is 20.8 Å². The maximum atomic E-state index is 12.8. The molecule has 0 radical (unpaired) electrons. The number of hydrogen-bond donors (Lipinski definition) is 1. The summed E-state index contributed by atoms with van der Waals surface area (Å²) in [5.41, 5.74) is 2.66. The molecule has 1 aliphatic carbocycles. The molecule has 3 atom stereocenters. The Kier molecular flexibility index (Phi) is 4.78. The van der Waals surface area contributed by atoms with Crippen LogP contribution < -0.4 is 4.72 Å². The van der Waals surface area contributed by atoms with Crippen molar-refractivity contribution >= 4 is 10.0 Å². The van der Waals surface area contributed by atoms with Crippen molar-refractivity contribution in [2.75, 3.05) is 13.2 Å². The van der Waals surface area contributed by atoms with Gasteiger partial charge in [-0.05, 0) is 51.2 Å². The molecule has 23 heavy (non-hydrogen) atoms. The van der Waals surface area contributed by atoms with Crippen LogP contribution in [0.3, 0.4) is 0 Å². The van der Waals surface area contributed by atoms with Crippen molar-refractivity contribution in [3.8, 4) is 0 Å². The summed E-state index contributed by atoms with van der Waals surface area (Å²) in [4.78, 5) is 0.408. The van der Waals surface area contributed by atoms with Gasteiger partial charge in [-0.15, -0.1) is 0 Å². The zero-order chi connectivity index (χ0) is 16.6. The molecule has 2 aliphatic rings. The van der Waals surface area contributed by atoms with Gasteiger partial charge in [0, 0.05) is 6.04 Å². The molecule has 0 spiro atoms. The molecular weight excluding hydrogens is 314 g/mol. The summed E-state index contributed by atoms with van der Waals surface area (Å²) in [6.07, 6.45) is 2.42. The molecule has 1 saturated heterocycles. The fourth-order valence-electron chi connectivity index (χ4n) is 3.84. The lowest BCUT2D eigenvalue weighted by Crippen LogP contribution is -2.49. The van der Waals surface area contributed by atoms with Gasteiger partial charge < -0.3 is 9.47 Å². The Hall–Kier alpha value is -0.950. The first-order valence-electron chi connectivity index (χ1n) is 8.20. The average molecular weight is 339 g/mol. The lowest BCUT2D eigenvalue weighted by atomic mass is 9.90. The number of ether oxygens (including phenoxy) is 2. The molecule has 1 aliphatic heterocycles. The summed E-state index contributed by atoms with van der Waals surface area (Å²) in [5.74, 6) is 0. The van der Waals surface area contributed by atoms with Crippen molar-refractivity contribution in [1.29, 1.82) is 0 Å². The molecule has 2 fully saturated rings. The summed E-state index contributed by atoms with van der Waals surface area (Å²) in [6.45, 7) is 6.91. The van der Waals surface area contributed by atoms with Crippen LogP contribution in [0.25, 0.3) is 0 Å². The van der Waals surface area contributed by atoms with E-state index in [1.807, 2.05) is 32.9 Å². The highest BCUT2D eigenvalue weighted by atomic mass is 32.2. The molecule has 1 aromatic carbocycles. The lowest BCUT2D eigenvalue weighted by Gasteiger charge is -2.39. The summed E-state index contributed by atoms with van der Waals surface area (Å²) in [7, 11) is -3.52. The highest BCUT2D eigenvalue weighted by molar-refractivity contribution is 7.89. The lowest BCUT2D eigenvalue weighted by molar-refractivity contribution is -0.156. The van der Waals surface area contributed by atoms with E-state index < -0.39 is 10.0 Å². The molecule has 3 unspecified atom stereocenters. The van der Waals surface area contributed by atoms with Gasteiger partial charge in [-0.3, -0.25) is 0 Å². The summed E-state index contributed by atoms with van der Waals surface area (Å²) >= 11 is 0. The fourth-order valence-corrected chi connectivity index (χ4v) is 5.58. The topological polar surface area (TPSA) is 64.6 Å². The van der Waals surface area contributed by atoms with Crippen LogP contribution in [0.2, 0.25) is 0 Å². The van der Waals surface area contributed by atoms with Gasteiger partial charge in [0.15, 0.2) is 0 Å². The van der Waals surface area contributed by atoms with E-state index in [4.69, 9.17) is 9.47 Å². The summed E-state index contributed by atoms with van der Waals surface area (Å²) in [6, 6.07) is 3.73. The molecule has 128 valence electrons. The molecule has 0 aromatic heterocycles. The van der Waals surface area contributed by atoms with Gasteiger partial charge in [-0.25, -0.2) is 13.1 Å². The maximum Gasteiger partial charge on any atom is 0.241 e. The maximum absolute atomic E-state index is 12.8. The third-order valence-electron chi connectivity index (χ3n) is 4.67. The van der Waals surface area contributed by atoms with Crippen LogP contribution in [-0.4, -0.2) is 39.9 Å². The first-order chi connectivity index (χ1) is 10.9. The SMILES string of the molecule is Cc1cc(C)c(S(=O)(=O)NC2CCC3OCCOC3C2)c(C)c1. The van der Waals surface area contributed by atoms with E-state index in [0.717, 1.165) is 29.5 Å². The van der Waals surface area contributed by atoms with Crippen LogP contribution in [0.15, 0.2) is 17.0 Å². The number of rotatable bonds is 3. The van der Waals surface area contributed by atoms with E-state index in [1.54, 1.807) is 0 Å². The van der Waals surface area contributed by atoms with Crippen molar-refractivity contribution < 1.29 is 17.9 Å². The van der Waals surface area contributed by atoms with Crippen LogP contribution >= 0.6 is 0 Å². The Morgan fingerprint density at radius 3 is 2.26 bits per heavy atom. The average Bonchev–Trinajstić information content (AvgIpc) is 2.45. The van der Waals surface area contributed by atoms with Crippen LogP contribution in [0.4, 0.5) is 0 Å². The molecule has 3 rings (SSSR count). The Labute approximate surface area is 138 Å². The van der Waals surface area contributed by atoms with E-state index in [1.165, 1.54) is 0 Å². The van der Waals surface area contributed by atoms with Gasteiger partial charge >= 0.3 is 0 Å². The second-order valence-electron chi connectivity index (χ2n) is 6.68. The van der Waals surface area contributed by atoms with Gasteiger partial charge in [-0.2, -0.15) is 0 Å². The molecule has 1 heterocycles. The fraction of sp³-hybridized carbons (Fsp3) is 0.647. The summed E-state index contributed by atoms with van der Waals surface area (Å²) in [5, 5.41) is 0. The number of hydrogen-bond acceptors (Lipinski definition) is 4. The van der Waals surface area contributed by atoms with Crippen molar-refractivity contribution in [2.45, 2.75) is 63.2 Å². The first-order valence-corrected chi connectivity index (χ1v) is 9.68. The molecular formula is C17H25NO4S. The highest BCUT2D eigenvalue weighted by Gasteiger charge is 2.36. The third kappa shape index (κ3) is 3.60. The predicted molar refractivity (Wildman–Crippen MR) is 88.1 cm³/mol. The van der Waals surface area contributed by atoms with Crippen molar-refractivity contribution in [1.82, 2.24) is 4.72 Å². The largest absolute Gasteiger partial charge is 0.373 e. The van der Waals surface area contributed by atoms with E-state index in [-0.39, 0.29) is 18.2 Å². The molecule has 1 aromatic rings. The van der Waals surface area contributed by atoms with Gasteiger partial charge in [0.1, 0.15) is 0 Å². The van der Waals surface area contributed by atoms with Crippen molar-refractivity contribution in [3.63, 3.8) is 0 Å². The van der Waals surface area contributed by atoms with E-state index in [2.05, 4.69) is 4.72 Å². The Morgan fingerprint density at radius 1 is 1.00 bits per heavy atom. The van der Waals surface area contributed by atoms with E-state index in [9.17, 15) is 8.42 Å². The standard InChI is InChI=1S/C17H25NO4S/c1-11-8-12(2)17(13(3)9-11)23(19,20)18-14-4-5-15-16(10-14)22-7-6-21-15/h8-9,14-16,18H,4-7,10H2,1-3H3. The highest BCUT2D eigenvalue weighted by Crippen LogP contribution is 2.29. The molecule has 1 N–H and O–H groups in total. The second-order valence-corrected chi connectivity index (χ2v) is 8.33.